The summed E-state index contributed by atoms with van der Waals surface area (Å²) in [4.78, 5) is 36.4. The molecule has 0 aliphatic rings. The van der Waals surface area contributed by atoms with Crippen LogP contribution in [-0.4, -0.2) is 39.1 Å². The fraction of sp³-hybridized carbons (Fsp3) is 0.471. The van der Waals surface area contributed by atoms with Crippen LogP contribution in [0.4, 0.5) is 4.79 Å². The van der Waals surface area contributed by atoms with E-state index < -0.39 is 17.6 Å². The second kappa shape index (κ2) is 9.09. The van der Waals surface area contributed by atoms with Gasteiger partial charge in [-0.2, -0.15) is 0 Å². The number of aryl methyl sites for hydroxylation is 1. The minimum absolute atomic E-state index is 0.154. The van der Waals surface area contributed by atoms with Gasteiger partial charge in [0, 0.05) is 25.4 Å². The van der Waals surface area contributed by atoms with E-state index in [4.69, 9.17) is 16.3 Å². The van der Waals surface area contributed by atoms with Gasteiger partial charge in [0.2, 0.25) is 0 Å². The number of amides is 2. The molecule has 0 atom stereocenters. The summed E-state index contributed by atoms with van der Waals surface area (Å²) in [6.07, 6.45) is 3.30. The van der Waals surface area contributed by atoms with Crippen molar-refractivity contribution < 1.29 is 14.3 Å². The largest absolute Gasteiger partial charge is 0.444 e. The van der Waals surface area contributed by atoms with Gasteiger partial charge >= 0.3 is 6.09 Å². The van der Waals surface area contributed by atoms with Gasteiger partial charge in [-0.15, -0.1) is 11.3 Å². The van der Waals surface area contributed by atoms with Crippen molar-refractivity contribution in [2.75, 3.05) is 6.54 Å². The Bertz CT molecular complexity index is 802. The minimum atomic E-state index is -0.555. The molecule has 2 amide bonds. The third kappa shape index (κ3) is 7.10. The van der Waals surface area contributed by atoms with E-state index in [2.05, 4.69) is 25.6 Å². The molecule has 0 saturated heterocycles. The molecule has 0 radical (unpaired) electrons. The number of rotatable bonds is 6. The first kappa shape index (κ1) is 21.0. The van der Waals surface area contributed by atoms with Crippen molar-refractivity contribution in [1.82, 2.24) is 25.6 Å². The number of hydrogen-bond donors (Lipinski definition) is 2. The zero-order valence-corrected chi connectivity index (χ0v) is 17.2. The molecule has 0 saturated carbocycles. The van der Waals surface area contributed by atoms with Crippen LogP contribution in [-0.2, 0) is 17.7 Å². The Balaban J connectivity index is 1.84. The lowest BCUT2D eigenvalue weighted by Crippen LogP contribution is -2.33. The Kier molecular flexibility index (Phi) is 7.09. The number of nitrogens with zero attached hydrogens (tertiary/aromatic N) is 3. The topological polar surface area (TPSA) is 106 Å². The van der Waals surface area contributed by atoms with Gasteiger partial charge in [-0.25, -0.2) is 19.7 Å². The number of nitrogens with one attached hydrogen (secondary N) is 2. The van der Waals surface area contributed by atoms with Gasteiger partial charge < -0.3 is 15.4 Å². The minimum Gasteiger partial charge on any atom is -0.444 e. The first-order chi connectivity index (χ1) is 12.6. The van der Waals surface area contributed by atoms with Crippen LogP contribution in [0.5, 0.6) is 0 Å². The number of aromatic nitrogens is 3. The second-order valence-corrected chi connectivity index (χ2v) is 8.45. The number of hydrogen-bond acceptors (Lipinski definition) is 7. The van der Waals surface area contributed by atoms with Gasteiger partial charge in [0.1, 0.15) is 15.8 Å². The summed E-state index contributed by atoms with van der Waals surface area (Å²) in [7, 11) is 0. The standard InChI is InChI=1S/C17H22ClN5O3S/c1-10-7-20-11(21-8-10)9-22-15(24)13-14(18)27-12(23-13)5-6-19-16(25)26-17(2,3)4/h7-8H,5-6,9H2,1-4H3,(H,19,25)(H,22,24). The zero-order chi connectivity index (χ0) is 20.0. The first-order valence-electron chi connectivity index (χ1n) is 8.32. The molecule has 27 heavy (non-hydrogen) atoms. The second-order valence-electron chi connectivity index (χ2n) is 6.77. The highest BCUT2D eigenvalue weighted by atomic mass is 35.5. The van der Waals surface area contributed by atoms with Crippen molar-refractivity contribution in [3.63, 3.8) is 0 Å². The Morgan fingerprint density at radius 1 is 1.22 bits per heavy atom. The highest BCUT2D eigenvalue weighted by Gasteiger charge is 2.18. The molecule has 0 spiro atoms. The van der Waals surface area contributed by atoms with E-state index in [1.807, 2.05) is 6.92 Å². The molecule has 0 aliphatic carbocycles. The quantitative estimate of drug-likeness (QED) is 0.756. The third-order valence-corrected chi connectivity index (χ3v) is 4.41. The number of ether oxygens (including phenoxy) is 1. The molecule has 2 N–H and O–H groups in total. The summed E-state index contributed by atoms with van der Waals surface area (Å²) in [5.74, 6) is 0.105. The summed E-state index contributed by atoms with van der Waals surface area (Å²) in [6, 6.07) is 0. The fourth-order valence-corrected chi connectivity index (χ4v) is 3.11. The fourth-order valence-electron chi connectivity index (χ4n) is 1.93. The van der Waals surface area contributed by atoms with Crippen molar-refractivity contribution >= 4 is 34.9 Å². The molecular formula is C17H22ClN5O3S. The average molecular weight is 412 g/mol. The van der Waals surface area contributed by atoms with Crippen LogP contribution < -0.4 is 10.6 Å². The van der Waals surface area contributed by atoms with E-state index in [1.165, 1.54) is 11.3 Å². The molecule has 0 bridgehead atoms. The Morgan fingerprint density at radius 2 is 1.89 bits per heavy atom. The van der Waals surface area contributed by atoms with Gasteiger partial charge in [-0.1, -0.05) is 11.6 Å². The summed E-state index contributed by atoms with van der Waals surface area (Å²) >= 11 is 7.32. The third-order valence-electron chi connectivity index (χ3n) is 3.09. The van der Waals surface area contributed by atoms with Crippen LogP contribution in [0.2, 0.25) is 4.34 Å². The SMILES string of the molecule is Cc1cnc(CNC(=O)c2nc(CCNC(=O)OC(C)(C)C)sc2Cl)nc1. The summed E-state index contributed by atoms with van der Waals surface area (Å²) in [6.45, 7) is 7.77. The molecule has 2 aromatic heterocycles. The Hall–Kier alpha value is -2.26. The molecule has 2 rings (SSSR count). The van der Waals surface area contributed by atoms with E-state index in [9.17, 15) is 9.59 Å². The molecule has 0 aliphatic heterocycles. The molecule has 0 aromatic carbocycles. The van der Waals surface area contributed by atoms with E-state index in [-0.39, 0.29) is 12.2 Å². The van der Waals surface area contributed by atoms with Crippen LogP contribution in [0.1, 0.15) is 47.7 Å². The van der Waals surface area contributed by atoms with E-state index in [0.717, 1.165) is 5.56 Å². The predicted molar refractivity (Wildman–Crippen MR) is 103 cm³/mol. The lowest BCUT2D eigenvalue weighted by Gasteiger charge is -2.19. The average Bonchev–Trinajstić information content (AvgIpc) is 2.93. The molecule has 2 heterocycles. The van der Waals surface area contributed by atoms with Gasteiger partial charge in [0.05, 0.1) is 11.6 Å². The number of halogens is 1. The van der Waals surface area contributed by atoms with Crippen molar-refractivity contribution in [2.45, 2.75) is 46.3 Å². The maximum Gasteiger partial charge on any atom is 0.407 e. The van der Waals surface area contributed by atoms with E-state index in [1.54, 1.807) is 33.2 Å². The number of alkyl carbamates (subject to hydrolysis) is 1. The Labute approximate surface area is 166 Å². The van der Waals surface area contributed by atoms with Gasteiger partial charge in [-0.3, -0.25) is 4.79 Å². The van der Waals surface area contributed by atoms with E-state index in [0.29, 0.717) is 28.1 Å². The smallest absolute Gasteiger partial charge is 0.407 e. The summed E-state index contributed by atoms with van der Waals surface area (Å²) < 4.78 is 5.45. The molecule has 8 nitrogen and oxygen atoms in total. The highest BCUT2D eigenvalue weighted by molar-refractivity contribution is 7.16. The lowest BCUT2D eigenvalue weighted by molar-refractivity contribution is 0.0528. The zero-order valence-electron chi connectivity index (χ0n) is 15.6. The maximum atomic E-state index is 12.3. The Morgan fingerprint density at radius 3 is 2.52 bits per heavy atom. The molecular weight excluding hydrogens is 390 g/mol. The van der Waals surface area contributed by atoms with Crippen LogP contribution >= 0.6 is 22.9 Å². The number of carbonyl (C=O) groups excluding carboxylic acids is 2. The van der Waals surface area contributed by atoms with Crippen LogP contribution in [0.25, 0.3) is 0 Å². The van der Waals surface area contributed by atoms with Crippen LogP contribution in [0, 0.1) is 6.92 Å². The monoisotopic (exact) mass is 411 g/mol. The number of thiazole rings is 1. The van der Waals surface area contributed by atoms with Gasteiger partial charge in [0.15, 0.2) is 5.69 Å². The molecule has 2 aromatic rings. The van der Waals surface area contributed by atoms with Crippen LogP contribution in [0.15, 0.2) is 12.4 Å². The molecule has 0 unspecified atom stereocenters. The molecule has 146 valence electrons. The lowest BCUT2D eigenvalue weighted by atomic mass is 10.2. The first-order valence-corrected chi connectivity index (χ1v) is 9.51. The van der Waals surface area contributed by atoms with Crippen molar-refractivity contribution in [3.05, 3.63) is 38.8 Å². The highest BCUT2D eigenvalue weighted by Crippen LogP contribution is 2.24. The van der Waals surface area contributed by atoms with E-state index >= 15 is 0 Å². The van der Waals surface area contributed by atoms with Gasteiger partial charge in [0.25, 0.3) is 5.91 Å². The molecule has 0 fully saturated rings. The van der Waals surface area contributed by atoms with Crippen LogP contribution in [0.3, 0.4) is 0 Å². The van der Waals surface area contributed by atoms with Gasteiger partial charge in [-0.05, 0) is 33.3 Å². The molecule has 10 heteroatoms. The maximum absolute atomic E-state index is 12.3. The number of carbonyl (C=O) groups is 2. The van der Waals surface area contributed by atoms with Crippen molar-refractivity contribution in [3.8, 4) is 0 Å². The normalized spacial score (nSPS) is 11.1. The van der Waals surface area contributed by atoms with Crippen molar-refractivity contribution in [2.24, 2.45) is 0 Å². The summed E-state index contributed by atoms with van der Waals surface area (Å²) in [5.41, 5.74) is 0.541. The van der Waals surface area contributed by atoms with Crippen molar-refractivity contribution in [1.29, 1.82) is 0 Å². The summed E-state index contributed by atoms with van der Waals surface area (Å²) in [5, 5.41) is 5.98. The predicted octanol–water partition coefficient (Wildman–Crippen LogP) is 2.89.